The highest BCUT2D eigenvalue weighted by atomic mass is 32.2. The van der Waals surface area contributed by atoms with Gasteiger partial charge in [0.15, 0.2) is 17.3 Å². The summed E-state index contributed by atoms with van der Waals surface area (Å²) < 4.78 is 11.9. The largest absolute Gasteiger partial charge is 0.448 e. The molecular weight excluding hydrogens is 236 g/mol. The number of benzene rings is 1. The summed E-state index contributed by atoms with van der Waals surface area (Å²) in [6, 6.07) is 5.51. The molecule has 0 radical (unpaired) electrons. The van der Waals surface area contributed by atoms with E-state index in [-0.39, 0.29) is 5.78 Å². The summed E-state index contributed by atoms with van der Waals surface area (Å²) in [5.41, 5.74) is 0.623. The molecule has 17 heavy (non-hydrogen) atoms. The summed E-state index contributed by atoms with van der Waals surface area (Å²) in [4.78, 5) is 11.5. The predicted octanol–water partition coefficient (Wildman–Crippen LogP) is 2.88. The van der Waals surface area contributed by atoms with Crippen molar-refractivity contribution in [2.24, 2.45) is 0 Å². The van der Waals surface area contributed by atoms with E-state index in [1.54, 1.807) is 13.0 Å². The molecule has 1 fully saturated rings. The fraction of sp³-hybridized carbons (Fsp3) is 0.462. The second-order valence-electron chi connectivity index (χ2n) is 4.42. The topological polar surface area (TPSA) is 35.5 Å². The van der Waals surface area contributed by atoms with Crippen LogP contribution in [0, 0.1) is 0 Å². The zero-order valence-electron chi connectivity index (χ0n) is 9.69. The van der Waals surface area contributed by atoms with Crippen LogP contribution in [-0.2, 0) is 0 Å². The van der Waals surface area contributed by atoms with Crippen LogP contribution in [0.4, 0.5) is 0 Å². The van der Waals surface area contributed by atoms with E-state index in [0.29, 0.717) is 17.1 Å². The first-order chi connectivity index (χ1) is 8.20. The Kier molecular flexibility index (Phi) is 2.54. The van der Waals surface area contributed by atoms with Gasteiger partial charge in [0, 0.05) is 24.3 Å². The van der Waals surface area contributed by atoms with Gasteiger partial charge in [0.1, 0.15) is 0 Å². The Hall–Kier alpha value is -1.16. The van der Waals surface area contributed by atoms with Crippen LogP contribution < -0.4 is 9.47 Å². The van der Waals surface area contributed by atoms with Crippen LogP contribution >= 0.6 is 11.8 Å². The Bertz CT molecular complexity index is 464. The van der Waals surface area contributed by atoms with Crippen molar-refractivity contribution < 1.29 is 14.3 Å². The molecule has 0 amide bonds. The van der Waals surface area contributed by atoms with Gasteiger partial charge in [0.05, 0.1) is 5.56 Å². The Balaban J connectivity index is 1.97. The number of fused-ring (bicyclic) bond motifs is 1. The summed E-state index contributed by atoms with van der Waals surface area (Å²) in [5.74, 6) is 2.94. The number of rotatable bonds is 1. The summed E-state index contributed by atoms with van der Waals surface area (Å²) in [7, 11) is 0. The summed E-state index contributed by atoms with van der Waals surface area (Å²) in [5, 5.41) is 0. The van der Waals surface area contributed by atoms with Crippen molar-refractivity contribution >= 4 is 17.5 Å². The van der Waals surface area contributed by atoms with Gasteiger partial charge >= 0.3 is 0 Å². The molecule has 3 nitrogen and oxygen atoms in total. The zero-order chi connectivity index (χ0) is 11.9. The molecule has 0 aliphatic carbocycles. The molecule has 4 heteroatoms. The number of Topliss-reactive ketones (excluding diaryl/α,β-unsaturated/α-hetero) is 1. The monoisotopic (exact) mass is 250 g/mol. The maximum Gasteiger partial charge on any atom is 0.253 e. The van der Waals surface area contributed by atoms with E-state index in [2.05, 4.69) is 0 Å². The molecule has 2 heterocycles. The molecule has 1 spiro atoms. The van der Waals surface area contributed by atoms with Gasteiger partial charge in [-0.25, -0.2) is 0 Å². The molecule has 0 aromatic heterocycles. The maximum absolute atomic E-state index is 11.5. The average molecular weight is 250 g/mol. The third-order valence-electron chi connectivity index (χ3n) is 3.20. The lowest BCUT2D eigenvalue weighted by Crippen LogP contribution is -2.42. The van der Waals surface area contributed by atoms with Crippen LogP contribution in [0.1, 0.15) is 30.1 Å². The van der Waals surface area contributed by atoms with E-state index in [1.165, 1.54) is 0 Å². The number of thioether (sulfide) groups is 1. The van der Waals surface area contributed by atoms with E-state index >= 15 is 0 Å². The minimum atomic E-state index is -0.515. The molecule has 0 N–H and O–H groups in total. The first-order valence-electron chi connectivity index (χ1n) is 5.80. The van der Waals surface area contributed by atoms with Gasteiger partial charge < -0.3 is 9.47 Å². The van der Waals surface area contributed by atoms with E-state index in [9.17, 15) is 4.79 Å². The van der Waals surface area contributed by atoms with Crippen LogP contribution in [-0.4, -0.2) is 23.1 Å². The fourth-order valence-corrected chi connectivity index (χ4v) is 3.39. The Morgan fingerprint density at radius 1 is 1.29 bits per heavy atom. The Morgan fingerprint density at radius 2 is 2.06 bits per heavy atom. The van der Waals surface area contributed by atoms with Crippen molar-refractivity contribution in [2.75, 3.05) is 11.5 Å². The van der Waals surface area contributed by atoms with Crippen molar-refractivity contribution in [2.45, 2.75) is 25.6 Å². The molecule has 0 atom stereocenters. The van der Waals surface area contributed by atoms with Crippen LogP contribution in [0.3, 0.4) is 0 Å². The van der Waals surface area contributed by atoms with Crippen molar-refractivity contribution in [1.29, 1.82) is 0 Å². The van der Waals surface area contributed by atoms with E-state index in [0.717, 1.165) is 24.3 Å². The highest BCUT2D eigenvalue weighted by Crippen LogP contribution is 2.46. The van der Waals surface area contributed by atoms with Gasteiger partial charge in [0.25, 0.3) is 5.79 Å². The van der Waals surface area contributed by atoms with Gasteiger partial charge in [-0.15, -0.1) is 0 Å². The second-order valence-corrected chi connectivity index (χ2v) is 5.64. The van der Waals surface area contributed by atoms with Crippen molar-refractivity contribution in [1.82, 2.24) is 0 Å². The number of ketones is 1. The third kappa shape index (κ3) is 1.80. The predicted molar refractivity (Wildman–Crippen MR) is 67.0 cm³/mol. The van der Waals surface area contributed by atoms with E-state index in [1.807, 2.05) is 23.9 Å². The number of hydrogen-bond acceptors (Lipinski definition) is 4. The Morgan fingerprint density at radius 3 is 2.76 bits per heavy atom. The highest BCUT2D eigenvalue weighted by Gasteiger charge is 2.43. The number of para-hydroxylation sites is 1. The van der Waals surface area contributed by atoms with Crippen LogP contribution in [0.5, 0.6) is 11.5 Å². The van der Waals surface area contributed by atoms with Crippen LogP contribution in [0.15, 0.2) is 18.2 Å². The van der Waals surface area contributed by atoms with Gasteiger partial charge in [-0.3, -0.25) is 4.79 Å². The zero-order valence-corrected chi connectivity index (χ0v) is 10.5. The van der Waals surface area contributed by atoms with Crippen LogP contribution in [0.25, 0.3) is 0 Å². The third-order valence-corrected chi connectivity index (χ3v) is 4.18. The molecule has 2 aliphatic heterocycles. The second kappa shape index (κ2) is 3.95. The number of carbonyl (C=O) groups excluding carboxylic acids is 1. The standard InChI is InChI=1S/C13H14O3S/c1-9(14)10-3-2-4-11-12(10)16-13(15-11)5-7-17-8-6-13/h2-4H,5-8H2,1H3. The average Bonchev–Trinajstić information content (AvgIpc) is 2.66. The van der Waals surface area contributed by atoms with Gasteiger partial charge in [-0.05, 0) is 19.1 Å². The molecule has 1 aromatic carbocycles. The van der Waals surface area contributed by atoms with Crippen molar-refractivity contribution in [3.05, 3.63) is 23.8 Å². The molecule has 90 valence electrons. The molecule has 1 aromatic rings. The number of carbonyl (C=O) groups is 1. The fourth-order valence-electron chi connectivity index (χ4n) is 2.27. The normalized spacial score (nSPS) is 20.5. The molecule has 0 bridgehead atoms. The summed E-state index contributed by atoms with van der Waals surface area (Å²) in [6.07, 6.45) is 1.76. The van der Waals surface area contributed by atoms with E-state index in [4.69, 9.17) is 9.47 Å². The molecule has 1 saturated heterocycles. The van der Waals surface area contributed by atoms with Crippen molar-refractivity contribution in [3.63, 3.8) is 0 Å². The minimum Gasteiger partial charge on any atom is -0.448 e. The van der Waals surface area contributed by atoms with Crippen molar-refractivity contribution in [3.8, 4) is 11.5 Å². The quantitative estimate of drug-likeness (QED) is 0.718. The minimum absolute atomic E-state index is 0.0210. The van der Waals surface area contributed by atoms with Gasteiger partial charge in [0.2, 0.25) is 0 Å². The SMILES string of the molecule is CC(=O)c1cccc2c1OC1(CCSCC1)O2. The molecule has 3 rings (SSSR count). The summed E-state index contributed by atoms with van der Waals surface area (Å²) in [6.45, 7) is 1.56. The molecule has 0 saturated carbocycles. The smallest absolute Gasteiger partial charge is 0.253 e. The van der Waals surface area contributed by atoms with Gasteiger partial charge in [-0.1, -0.05) is 6.07 Å². The first kappa shape index (κ1) is 11.0. The highest BCUT2D eigenvalue weighted by molar-refractivity contribution is 7.99. The lowest BCUT2D eigenvalue weighted by atomic mass is 10.1. The Labute approximate surface area is 104 Å². The molecule has 2 aliphatic rings. The number of ether oxygens (including phenoxy) is 2. The van der Waals surface area contributed by atoms with Crippen LogP contribution in [0.2, 0.25) is 0 Å². The summed E-state index contributed by atoms with van der Waals surface area (Å²) >= 11 is 1.92. The number of hydrogen-bond donors (Lipinski definition) is 0. The lowest BCUT2D eigenvalue weighted by molar-refractivity contribution is -0.0846. The maximum atomic E-state index is 11.5. The molecule has 0 unspecified atom stereocenters. The first-order valence-corrected chi connectivity index (χ1v) is 6.95. The lowest BCUT2D eigenvalue weighted by Gasteiger charge is -2.31. The van der Waals surface area contributed by atoms with E-state index < -0.39 is 5.79 Å². The molecular formula is C13H14O3S. The van der Waals surface area contributed by atoms with Gasteiger partial charge in [-0.2, -0.15) is 11.8 Å².